The van der Waals surface area contributed by atoms with E-state index in [-0.39, 0.29) is 11.5 Å². The van der Waals surface area contributed by atoms with E-state index in [9.17, 15) is 8.42 Å². The Morgan fingerprint density at radius 3 is 2.62 bits per heavy atom. The van der Waals surface area contributed by atoms with Crippen molar-refractivity contribution >= 4 is 27.5 Å². The second kappa shape index (κ2) is 7.28. The number of fused-ring (bicyclic) bond motifs is 1. The van der Waals surface area contributed by atoms with Crippen molar-refractivity contribution < 1.29 is 17.9 Å². The molecule has 0 fully saturated rings. The molecule has 0 saturated heterocycles. The van der Waals surface area contributed by atoms with E-state index in [2.05, 4.69) is 0 Å². The molecule has 2 aromatic rings. The summed E-state index contributed by atoms with van der Waals surface area (Å²) in [5.41, 5.74) is 1.56. The molecule has 1 heterocycles. The third-order valence-electron chi connectivity index (χ3n) is 3.50. The van der Waals surface area contributed by atoms with E-state index in [4.69, 9.17) is 21.1 Å². The standard InChI is InChI=1S/C18H17ClO4S/c19-16-11-15(12-17-18(16)23-9-8-22-17)13-24(20,21)10-4-7-14-5-2-1-3-6-14/h1-7,11-12H,8-10,13H2/b7-4+. The summed E-state index contributed by atoms with van der Waals surface area (Å²) in [7, 11) is -3.29. The fourth-order valence-corrected chi connectivity index (χ4v) is 3.93. The molecular formula is C18H17ClO4S. The summed E-state index contributed by atoms with van der Waals surface area (Å²) >= 11 is 6.15. The summed E-state index contributed by atoms with van der Waals surface area (Å²) in [4.78, 5) is 0. The summed E-state index contributed by atoms with van der Waals surface area (Å²) in [5, 5.41) is 0.372. The summed E-state index contributed by atoms with van der Waals surface area (Å²) < 4.78 is 35.5. The highest BCUT2D eigenvalue weighted by molar-refractivity contribution is 7.90. The highest BCUT2D eigenvalue weighted by atomic mass is 35.5. The van der Waals surface area contributed by atoms with Crippen molar-refractivity contribution in [3.63, 3.8) is 0 Å². The van der Waals surface area contributed by atoms with Crippen LogP contribution in [0.5, 0.6) is 11.5 Å². The van der Waals surface area contributed by atoms with Gasteiger partial charge in [-0.3, -0.25) is 0 Å². The smallest absolute Gasteiger partial charge is 0.179 e. The molecule has 2 aromatic carbocycles. The van der Waals surface area contributed by atoms with Gasteiger partial charge in [0.1, 0.15) is 13.2 Å². The van der Waals surface area contributed by atoms with Crippen molar-refractivity contribution in [1.82, 2.24) is 0 Å². The number of halogens is 1. The molecule has 0 aromatic heterocycles. The molecule has 6 heteroatoms. The Morgan fingerprint density at radius 1 is 1.08 bits per heavy atom. The van der Waals surface area contributed by atoms with Crippen molar-refractivity contribution in [3.8, 4) is 11.5 Å². The summed E-state index contributed by atoms with van der Waals surface area (Å²) in [6.45, 7) is 0.869. The third kappa shape index (κ3) is 4.30. The molecule has 1 aliphatic heterocycles. The largest absolute Gasteiger partial charge is 0.486 e. The van der Waals surface area contributed by atoms with Crippen LogP contribution in [0.1, 0.15) is 11.1 Å². The van der Waals surface area contributed by atoms with Crippen LogP contribution in [0, 0.1) is 0 Å². The normalized spacial score (nSPS) is 14.0. The zero-order valence-corrected chi connectivity index (χ0v) is 14.5. The molecule has 0 spiro atoms. The van der Waals surface area contributed by atoms with Crippen LogP contribution in [0.4, 0.5) is 0 Å². The molecular weight excluding hydrogens is 348 g/mol. The van der Waals surface area contributed by atoms with Crippen LogP contribution < -0.4 is 9.47 Å². The number of sulfone groups is 1. The number of ether oxygens (including phenoxy) is 2. The monoisotopic (exact) mass is 364 g/mol. The maximum Gasteiger partial charge on any atom is 0.179 e. The van der Waals surface area contributed by atoms with Crippen molar-refractivity contribution in [1.29, 1.82) is 0 Å². The predicted octanol–water partition coefficient (Wildman–Crippen LogP) is 3.74. The summed E-state index contributed by atoms with van der Waals surface area (Å²) in [5.74, 6) is 0.850. The van der Waals surface area contributed by atoms with E-state index in [0.717, 1.165) is 5.56 Å². The van der Waals surface area contributed by atoms with Gasteiger partial charge in [0.05, 0.1) is 16.5 Å². The lowest BCUT2D eigenvalue weighted by Crippen LogP contribution is -2.16. The van der Waals surface area contributed by atoms with Crippen molar-refractivity contribution in [2.45, 2.75) is 5.75 Å². The van der Waals surface area contributed by atoms with Gasteiger partial charge in [0.2, 0.25) is 0 Å². The van der Waals surface area contributed by atoms with Crippen LogP contribution in [0.3, 0.4) is 0 Å². The first-order valence-corrected chi connectivity index (χ1v) is 9.73. The second-order valence-corrected chi connectivity index (χ2v) is 7.99. The van der Waals surface area contributed by atoms with Gasteiger partial charge in [-0.15, -0.1) is 0 Å². The van der Waals surface area contributed by atoms with Gasteiger partial charge in [-0.1, -0.05) is 54.1 Å². The lowest BCUT2D eigenvalue weighted by Gasteiger charge is -2.20. The zero-order chi connectivity index (χ0) is 17.0. The van der Waals surface area contributed by atoms with E-state index < -0.39 is 9.84 Å². The van der Waals surface area contributed by atoms with Crippen LogP contribution in [0.15, 0.2) is 48.5 Å². The SMILES string of the molecule is O=S(=O)(C/C=C/c1ccccc1)Cc1cc(Cl)c2c(c1)OCCO2. The van der Waals surface area contributed by atoms with Gasteiger partial charge in [0.25, 0.3) is 0 Å². The van der Waals surface area contributed by atoms with E-state index in [1.165, 1.54) is 0 Å². The molecule has 4 nitrogen and oxygen atoms in total. The van der Waals surface area contributed by atoms with Gasteiger partial charge in [0.15, 0.2) is 21.3 Å². The molecule has 0 radical (unpaired) electrons. The Hall–Kier alpha value is -1.98. The van der Waals surface area contributed by atoms with Crippen molar-refractivity contribution in [3.05, 3.63) is 64.7 Å². The predicted molar refractivity (Wildman–Crippen MR) is 95.4 cm³/mol. The van der Waals surface area contributed by atoms with Gasteiger partial charge in [-0.25, -0.2) is 8.42 Å². The van der Waals surface area contributed by atoms with Crippen LogP contribution in [0.2, 0.25) is 5.02 Å². The number of rotatable bonds is 5. The van der Waals surface area contributed by atoms with E-state index in [1.54, 1.807) is 24.3 Å². The van der Waals surface area contributed by atoms with Crippen LogP contribution in [-0.4, -0.2) is 27.4 Å². The van der Waals surface area contributed by atoms with Gasteiger partial charge in [-0.2, -0.15) is 0 Å². The molecule has 0 N–H and O–H groups in total. The van der Waals surface area contributed by atoms with Crippen LogP contribution in [-0.2, 0) is 15.6 Å². The average Bonchev–Trinajstić information content (AvgIpc) is 2.55. The van der Waals surface area contributed by atoms with Gasteiger partial charge < -0.3 is 9.47 Å². The first-order chi connectivity index (χ1) is 11.5. The fourth-order valence-electron chi connectivity index (χ4n) is 2.46. The Balaban J connectivity index is 1.70. The number of benzene rings is 2. The Labute approximate surface area is 146 Å². The molecule has 0 atom stereocenters. The van der Waals surface area contributed by atoms with Gasteiger partial charge in [0, 0.05) is 0 Å². The quantitative estimate of drug-likeness (QED) is 0.811. The van der Waals surface area contributed by atoms with Crippen LogP contribution >= 0.6 is 11.6 Å². The van der Waals surface area contributed by atoms with Crippen molar-refractivity contribution in [2.75, 3.05) is 19.0 Å². The number of hydrogen-bond acceptors (Lipinski definition) is 4. The average molecular weight is 365 g/mol. The number of hydrogen-bond donors (Lipinski definition) is 0. The molecule has 3 rings (SSSR count). The molecule has 24 heavy (non-hydrogen) atoms. The van der Waals surface area contributed by atoms with Crippen molar-refractivity contribution in [2.24, 2.45) is 0 Å². The first kappa shape index (κ1) is 16.9. The lowest BCUT2D eigenvalue weighted by molar-refractivity contribution is 0.171. The van der Waals surface area contributed by atoms with E-state index in [1.807, 2.05) is 30.3 Å². The molecule has 0 saturated carbocycles. The minimum Gasteiger partial charge on any atom is -0.486 e. The molecule has 0 bridgehead atoms. The Kier molecular flexibility index (Phi) is 5.11. The minimum atomic E-state index is -3.29. The topological polar surface area (TPSA) is 52.6 Å². The lowest BCUT2D eigenvalue weighted by atomic mass is 10.2. The minimum absolute atomic E-state index is 0.0338. The molecule has 0 amide bonds. The zero-order valence-electron chi connectivity index (χ0n) is 12.9. The fraction of sp³-hybridized carbons (Fsp3) is 0.222. The maximum atomic E-state index is 12.3. The highest BCUT2D eigenvalue weighted by Gasteiger charge is 2.19. The maximum absolute atomic E-state index is 12.3. The van der Waals surface area contributed by atoms with Gasteiger partial charge >= 0.3 is 0 Å². The van der Waals surface area contributed by atoms with Gasteiger partial charge in [-0.05, 0) is 23.3 Å². The molecule has 0 aliphatic carbocycles. The first-order valence-electron chi connectivity index (χ1n) is 7.53. The highest BCUT2D eigenvalue weighted by Crippen LogP contribution is 2.38. The van der Waals surface area contributed by atoms with Crippen LogP contribution in [0.25, 0.3) is 6.08 Å². The molecule has 0 unspecified atom stereocenters. The Morgan fingerprint density at radius 2 is 1.83 bits per heavy atom. The van der Waals surface area contributed by atoms with E-state index in [0.29, 0.717) is 35.3 Å². The second-order valence-electron chi connectivity index (χ2n) is 5.47. The molecule has 1 aliphatic rings. The third-order valence-corrected chi connectivity index (χ3v) is 5.26. The molecule has 126 valence electrons. The van der Waals surface area contributed by atoms with E-state index >= 15 is 0 Å². The summed E-state index contributed by atoms with van der Waals surface area (Å²) in [6, 6.07) is 12.9. The Bertz CT molecular complexity index is 845. The summed E-state index contributed by atoms with van der Waals surface area (Å²) in [6.07, 6.45) is 3.46.